The number of ether oxygens (including phenoxy) is 1. The van der Waals surface area contributed by atoms with Crippen LogP contribution in [0.3, 0.4) is 0 Å². The van der Waals surface area contributed by atoms with Gasteiger partial charge in [-0.15, -0.1) is 0 Å². The van der Waals surface area contributed by atoms with Crippen LogP contribution in [0.4, 0.5) is 8.78 Å². The van der Waals surface area contributed by atoms with Crippen LogP contribution in [0.15, 0.2) is 30.5 Å². The van der Waals surface area contributed by atoms with Gasteiger partial charge in [0.15, 0.2) is 0 Å². The van der Waals surface area contributed by atoms with Gasteiger partial charge >= 0.3 is 17.9 Å². The lowest BCUT2D eigenvalue weighted by Gasteiger charge is -2.18. The minimum absolute atomic E-state index is 0.116. The van der Waals surface area contributed by atoms with Gasteiger partial charge in [-0.3, -0.25) is 0 Å². The van der Waals surface area contributed by atoms with Crippen molar-refractivity contribution >= 4 is 25.6 Å². The minimum Gasteiger partial charge on any atom is -0.478 e. The second-order valence-electron chi connectivity index (χ2n) is 6.96. The lowest BCUT2D eigenvalue weighted by atomic mass is 10.0. The number of alkyl halides is 2. The first-order valence-electron chi connectivity index (χ1n) is 7.88. The average molecular weight is 401 g/mol. The topological polar surface area (TPSA) is 72.3 Å². The Balaban J connectivity index is 2.28. The van der Waals surface area contributed by atoms with E-state index in [2.05, 4.69) is 29.6 Å². The van der Waals surface area contributed by atoms with Gasteiger partial charge < -0.3 is 9.84 Å². The van der Waals surface area contributed by atoms with Crippen LogP contribution >= 0.6 is 11.6 Å². The Morgan fingerprint density at radius 3 is 2.62 bits per heavy atom. The number of hydrogen-bond acceptors (Lipinski definition) is 4. The van der Waals surface area contributed by atoms with Gasteiger partial charge in [0.05, 0.1) is 17.2 Å². The number of aromatic carboxylic acids is 1. The van der Waals surface area contributed by atoms with Gasteiger partial charge in [0.25, 0.3) is 0 Å². The highest BCUT2D eigenvalue weighted by Gasteiger charge is 2.37. The van der Waals surface area contributed by atoms with Gasteiger partial charge in [0.2, 0.25) is 0 Å². The molecule has 0 aliphatic rings. The van der Waals surface area contributed by atoms with Crippen LogP contribution in [0.1, 0.15) is 21.6 Å². The third-order valence-corrected chi connectivity index (χ3v) is 5.63. The van der Waals surface area contributed by atoms with Crippen LogP contribution in [-0.4, -0.2) is 35.7 Å². The second kappa shape index (κ2) is 7.67. The van der Waals surface area contributed by atoms with E-state index in [4.69, 9.17) is 21.4 Å². The highest BCUT2D eigenvalue weighted by molar-refractivity contribution is 6.76. The normalized spacial score (nSPS) is 12.1. The van der Waals surface area contributed by atoms with E-state index >= 15 is 0 Å². The molecule has 9 heteroatoms. The Bertz CT molecular complexity index is 813. The van der Waals surface area contributed by atoms with Crippen molar-refractivity contribution in [3.8, 4) is 6.01 Å². The fraction of sp³-hybridized carbons (Fsp3) is 0.353. The summed E-state index contributed by atoms with van der Waals surface area (Å²) in [6.45, 7) is 6.86. The molecule has 0 aliphatic carbocycles. The van der Waals surface area contributed by atoms with Crippen molar-refractivity contribution in [2.45, 2.75) is 31.6 Å². The molecule has 1 aromatic carbocycles. The Kier molecular flexibility index (Phi) is 5.97. The maximum atomic E-state index is 14.8. The average Bonchev–Trinajstić information content (AvgIpc) is 2.54. The number of hydrogen-bond donors (Lipinski definition) is 1. The number of carboxylic acid groups (broad SMARTS) is 1. The smallest absolute Gasteiger partial charge is 0.337 e. The predicted molar refractivity (Wildman–Crippen MR) is 97.1 cm³/mol. The summed E-state index contributed by atoms with van der Waals surface area (Å²) in [7, 11) is -1.33. The van der Waals surface area contributed by atoms with Crippen LogP contribution in [0.2, 0.25) is 30.7 Å². The summed E-state index contributed by atoms with van der Waals surface area (Å²) in [4.78, 5) is 18.8. The fourth-order valence-electron chi connectivity index (χ4n) is 2.07. The molecular formula is C17H19ClF2N2O3Si. The SMILES string of the molecule is C[Si](C)(C)CCOc1nccc(C(F)(F)c2ccc(Cl)c(C(=O)O)c2)n1. The zero-order chi connectivity index (χ0) is 19.5. The van der Waals surface area contributed by atoms with Gasteiger partial charge in [0.1, 0.15) is 5.69 Å². The zero-order valence-corrected chi connectivity index (χ0v) is 16.3. The van der Waals surface area contributed by atoms with Crippen molar-refractivity contribution in [3.05, 3.63) is 52.3 Å². The molecule has 0 spiro atoms. The van der Waals surface area contributed by atoms with E-state index in [1.165, 1.54) is 6.20 Å². The molecule has 1 N–H and O–H groups in total. The molecule has 0 amide bonds. The predicted octanol–water partition coefficient (Wildman–Crippen LogP) is 4.69. The van der Waals surface area contributed by atoms with E-state index in [-0.39, 0.29) is 11.0 Å². The standard InChI is InChI=1S/C17H19ClF2N2O3Si/c1-26(2,3)9-8-25-16-21-7-6-14(22-16)17(19,20)11-4-5-13(18)12(10-11)15(23)24/h4-7,10H,8-9H2,1-3H3,(H,23,24). The number of aromatic nitrogens is 2. The number of nitrogens with zero attached hydrogens (tertiary/aromatic N) is 2. The summed E-state index contributed by atoms with van der Waals surface area (Å²) in [5.74, 6) is -4.90. The van der Waals surface area contributed by atoms with E-state index < -0.39 is 36.8 Å². The van der Waals surface area contributed by atoms with E-state index in [9.17, 15) is 13.6 Å². The molecule has 0 fully saturated rings. The van der Waals surface area contributed by atoms with Crippen molar-refractivity contribution < 1.29 is 23.4 Å². The van der Waals surface area contributed by atoms with Crippen molar-refractivity contribution in [1.82, 2.24) is 9.97 Å². The number of halogens is 3. The van der Waals surface area contributed by atoms with Gasteiger partial charge in [-0.1, -0.05) is 37.3 Å². The molecular weight excluding hydrogens is 382 g/mol. The van der Waals surface area contributed by atoms with Crippen LogP contribution in [0, 0.1) is 0 Å². The molecule has 2 aromatic rings. The van der Waals surface area contributed by atoms with Gasteiger partial charge in [-0.2, -0.15) is 13.8 Å². The lowest BCUT2D eigenvalue weighted by Crippen LogP contribution is -2.23. The van der Waals surface area contributed by atoms with E-state index in [0.717, 1.165) is 30.3 Å². The summed E-state index contributed by atoms with van der Waals surface area (Å²) in [6, 6.07) is 4.83. The molecule has 0 bridgehead atoms. The first-order valence-corrected chi connectivity index (χ1v) is 12.0. The Labute approximate surface area is 156 Å². The monoisotopic (exact) mass is 400 g/mol. The Hall–Kier alpha value is -2.06. The molecule has 5 nitrogen and oxygen atoms in total. The molecule has 0 unspecified atom stereocenters. The third kappa shape index (κ3) is 4.98. The first kappa shape index (κ1) is 20.3. The van der Waals surface area contributed by atoms with Gasteiger partial charge in [-0.25, -0.2) is 9.78 Å². The Morgan fingerprint density at radius 1 is 1.31 bits per heavy atom. The second-order valence-corrected chi connectivity index (χ2v) is 13.0. The molecule has 0 saturated heterocycles. The first-order chi connectivity index (χ1) is 12.0. The van der Waals surface area contributed by atoms with Gasteiger partial charge in [0, 0.05) is 19.8 Å². The molecule has 2 rings (SSSR count). The molecule has 26 heavy (non-hydrogen) atoms. The molecule has 1 heterocycles. The molecule has 140 valence electrons. The molecule has 0 aliphatic heterocycles. The maximum absolute atomic E-state index is 14.8. The van der Waals surface area contributed by atoms with Gasteiger partial charge in [-0.05, 0) is 24.2 Å². The Morgan fingerprint density at radius 2 is 2.00 bits per heavy atom. The van der Waals surface area contributed by atoms with Crippen LogP contribution in [0.25, 0.3) is 0 Å². The van der Waals surface area contributed by atoms with Crippen LogP contribution in [0.5, 0.6) is 6.01 Å². The number of carboxylic acids is 1. The summed E-state index contributed by atoms with van der Waals surface area (Å²) in [5.41, 5.74) is -1.50. The van der Waals surface area contributed by atoms with Crippen molar-refractivity contribution in [2.24, 2.45) is 0 Å². The zero-order valence-electron chi connectivity index (χ0n) is 14.6. The van der Waals surface area contributed by atoms with Crippen LogP contribution in [-0.2, 0) is 5.92 Å². The van der Waals surface area contributed by atoms with E-state index in [1.807, 2.05) is 0 Å². The van der Waals surface area contributed by atoms with Crippen molar-refractivity contribution in [1.29, 1.82) is 0 Å². The summed E-state index contributed by atoms with van der Waals surface area (Å²) in [6.07, 6.45) is 1.19. The summed E-state index contributed by atoms with van der Waals surface area (Å²) < 4.78 is 35.0. The van der Waals surface area contributed by atoms with E-state index in [0.29, 0.717) is 6.61 Å². The highest BCUT2D eigenvalue weighted by atomic mass is 35.5. The van der Waals surface area contributed by atoms with E-state index in [1.54, 1.807) is 0 Å². The number of benzene rings is 1. The fourth-order valence-corrected chi connectivity index (χ4v) is 2.98. The quantitative estimate of drug-likeness (QED) is 0.683. The molecule has 1 aromatic heterocycles. The maximum Gasteiger partial charge on any atom is 0.337 e. The number of rotatable bonds is 7. The summed E-state index contributed by atoms with van der Waals surface area (Å²) in [5, 5.41) is 8.95. The summed E-state index contributed by atoms with van der Waals surface area (Å²) >= 11 is 5.74. The molecule has 0 saturated carbocycles. The number of carbonyl (C=O) groups is 1. The molecule has 0 atom stereocenters. The largest absolute Gasteiger partial charge is 0.478 e. The lowest BCUT2D eigenvalue weighted by molar-refractivity contribution is 0.0368. The van der Waals surface area contributed by atoms with Crippen molar-refractivity contribution in [2.75, 3.05) is 6.61 Å². The van der Waals surface area contributed by atoms with Crippen molar-refractivity contribution in [3.63, 3.8) is 0 Å². The molecule has 0 radical (unpaired) electrons. The third-order valence-electron chi connectivity index (χ3n) is 3.60. The highest BCUT2D eigenvalue weighted by Crippen LogP contribution is 2.36. The van der Waals surface area contributed by atoms with Crippen LogP contribution < -0.4 is 4.74 Å². The minimum atomic E-state index is -3.52.